The van der Waals surface area contributed by atoms with Gasteiger partial charge in [0.15, 0.2) is 11.1 Å². The third kappa shape index (κ3) is 5.14. The Kier molecular flexibility index (Phi) is 6.19. The lowest BCUT2D eigenvalue weighted by Gasteiger charge is -2.14. The fraction of sp³-hybridized carbons (Fsp3) is 0.471. The number of thiazole rings is 1. The number of rotatable bonds is 7. The normalized spacial score (nSPS) is 14.1. The number of aliphatic imine (C=N–C) groups is 1. The van der Waals surface area contributed by atoms with E-state index in [4.69, 9.17) is 9.47 Å². The van der Waals surface area contributed by atoms with Crippen molar-refractivity contribution in [2.45, 2.75) is 26.4 Å². The highest BCUT2D eigenvalue weighted by molar-refractivity contribution is 7.14. The number of anilines is 1. The molecule has 0 atom stereocenters. The predicted octanol–water partition coefficient (Wildman–Crippen LogP) is 2.77. The Hall–Kier alpha value is -2.19. The molecule has 0 unspecified atom stereocenters. The van der Waals surface area contributed by atoms with Crippen LogP contribution in [0.15, 0.2) is 28.7 Å². The van der Waals surface area contributed by atoms with Gasteiger partial charge in [0.25, 0.3) is 0 Å². The number of ether oxygens (including phenoxy) is 2. The maximum absolute atomic E-state index is 5.77. The van der Waals surface area contributed by atoms with Gasteiger partial charge in [-0.25, -0.2) is 9.97 Å². The largest absolute Gasteiger partial charge is 0.475 e. The molecule has 0 saturated carbocycles. The lowest BCUT2D eigenvalue weighted by atomic mass is 10.2. The Balaban J connectivity index is 1.66. The predicted molar refractivity (Wildman–Crippen MR) is 100 cm³/mol. The molecule has 0 fully saturated rings. The quantitative estimate of drug-likeness (QED) is 0.738. The van der Waals surface area contributed by atoms with Crippen LogP contribution in [-0.2, 0) is 4.74 Å². The summed E-state index contributed by atoms with van der Waals surface area (Å²) in [7, 11) is 0. The first-order valence-corrected chi connectivity index (χ1v) is 9.31. The molecule has 2 N–H and O–H groups in total. The molecule has 134 valence electrons. The Bertz CT molecular complexity index is 717. The van der Waals surface area contributed by atoms with E-state index in [0.717, 1.165) is 41.9 Å². The van der Waals surface area contributed by atoms with Crippen molar-refractivity contribution >= 4 is 22.4 Å². The van der Waals surface area contributed by atoms with Gasteiger partial charge in [0.2, 0.25) is 5.88 Å². The zero-order valence-electron chi connectivity index (χ0n) is 14.5. The lowest BCUT2D eigenvalue weighted by molar-refractivity contribution is 0.0544. The second-order valence-electron chi connectivity index (χ2n) is 5.80. The summed E-state index contributed by atoms with van der Waals surface area (Å²) in [5.41, 5.74) is 1.70. The summed E-state index contributed by atoms with van der Waals surface area (Å²) in [5, 5.41) is 9.23. The van der Waals surface area contributed by atoms with Crippen molar-refractivity contribution in [1.82, 2.24) is 15.3 Å². The van der Waals surface area contributed by atoms with Gasteiger partial charge in [0.1, 0.15) is 6.61 Å². The first-order valence-electron chi connectivity index (χ1n) is 8.43. The van der Waals surface area contributed by atoms with Crippen molar-refractivity contribution in [3.63, 3.8) is 0 Å². The lowest BCUT2D eigenvalue weighted by Crippen LogP contribution is -2.35. The minimum absolute atomic E-state index is 0.190. The average Bonchev–Trinajstić information content (AvgIpc) is 3.08. The molecular formula is C17H23N5O2S. The minimum Gasteiger partial charge on any atom is -0.475 e. The van der Waals surface area contributed by atoms with Gasteiger partial charge in [-0.15, -0.1) is 11.3 Å². The number of nitrogens with zero attached hydrogens (tertiary/aromatic N) is 3. The molecule has 8 heteroatoms. The molecule has 0 aromatic carbocycles. The van der Waals surface area contributed by atoms with Crippen molar-refractivity contribution in [2.75, 3.05) is 31.6 Å². The van der Waals surface area contributed by atoms with Crippen molar-refractivity contribution in [2.24, 2.45) is 4.99 Å². The number of hydrogen-bond donors (Lipinski definition) is 2. The van der Waals surface area contributed by atoms with E-state index in [2.05, 4.69) is 25.6 Å². The maximum atomic E-state index is 5.77. The molecule has 1 aliphatic heterocycles. The van der Waals surface area contributed by atoms with Crippen LogP contribution in [0.2, 0.25) is 0 Å². The molecule has 0 spiro atoms. The smallest absolute Gasteiger partial charge is 0.223 e. The maximum Gasteiger partial charge on any atom is 0.223 e. The minimum atomic E-state index is 0.190. The van der Waals surface area contributed by atoms with E-state index in [9.17, 15) is 0 Å². The molecule has 2 aromatic heterocycles. The summed E-state index contributed by atoms with van der Waals surface area (Å²) in [6.07, 6.45) is 2.97. The third-order valence-electron chi connectivity index (χ3n) is 3.45. The molecule has 3 rings (SSSR count). The van der Waals surface area contributed by atoms with E-state index in [1.54, 1.807) is 6.20 Å². The van der Waals surface area contributed by atoms with Crippen LogP contribution in [0.1, 0.15) is 20.3 Å². The molecule has 0 bridgehead atoms. The van der Waals surface area contributed by atoms with Crippen molar-refractivity contribution < 1.29 is 9.47 Å². The number of hydrogen-bond acceptors (Lipinski definition) is 8. The summed E-state index contributed by atoms with van der Waals surface area (Å²) in [4.78, 5) is 13.4. The van der Waals surface area contributed by atoms with Crippen LogP contribution in [0.5, 0.6) is 5.88 Å². The van der Waals surface area contributed by atoms with Gasteiger partial charge < -0.3 is 20.1 Å². The van der Waals surface area contributed by atoms with E-state index in [0.29, 0.717) is 19.1 Å². The fourth-order valence-electron chi connectivity index (χ4n) is 2.30. The van der Waals surface area contributed by atoms with Gasteiger partial charge in [-0.3, -0.25) is 4.99 Å². The van der Waals surface area contributed by atoms with Crippen LogP contribution in [0.25, 0.3) is 11.3 Å². The molecule has 7 nitrogen and oxygen atoms in total. The zero-order chi connectivity index (χ0) is 17.5. The SMILES string of the molecule is CC(C)OCCOc1ncccc1-c1csc(NC2=NCCCN2)n1. The Labute approximate surface area is 151 Å². The van der Waals surface area contributed by atoms with Crippen LogP contribution >= 0.6 is 11.3 Å². The zero-order valence-corrected chi connectivity index (χ0v) is 15.3. The summed E-state index contributed by atoms with van der Waals surface area (Å²) >= 11 is 1.53. The average molecular weight is 361 g/mol. The number of pyridine rings is 1. The van der Waals surface area contributed by atoms with Crippen LogP contribution < -0.4 is 15.4 Å². The third-order valence-corrected chi connectivity index (χ3v) is 4.20. The topological polar surface area (TPSA) is 80.7 Å². The standard InChI is InChI=1S/C17H23N5O2S/c1-12(2)23-9-10-24-15-13(5-3-6-18-15)14-11-25-17(21-14)22-16-19-7-4-8-20-16/h3,5-6,11-12H,4,7-10H2,1-2H3,(H2,19,20,21,22). The molecule has 0 aliphatic carbocycles. The monoisotopic (exact) mass is 361 g/mol. The van der Waals surface area contributed by atoms with Crippen molar-refractivity contribution in [3.8, 4) is 17.1 Å². The number of aromatic nitrogens is 2. The van der Waals surface area contributed by atoms with Crippen LogP contribution in [0.4, 0.5) is 5.13 Å². The van der Waals surface area contributed by atoms with Gasteiger partial charge in [-0.2, -0.15) is 0 Å². The summed E-state index contributed by atoms with van der Waals surface area (Å²) < 4.78 is 11.3. The highest BCUT2D eigenvalue weighted by Crippen LogP contribution is 2.30. The molecule has 0 saturated heterocycles. The first-order chi connectivity index (χ1) is 12.2. The van der Waals surface area contributed by atoms with E-state index in [1.165, 1.54) is 11.3 Å². The fourth-order valence-corrected chi connectivity index (χ4v) is 3.00. The second kappa shape index (κ2) is 8.77. The first kappa shape index (κ1) is 17.6. The Morgan fingerprint density at radius 2 is 2.28 bits per heavy atom. The highest BCUT2D eigenvalue weighted by atomic mass is 32.1. The molecule has 2 aromatic rings. The van der Waals surface area contributed by atoms with Crippen LogP contribution in [0.3, 0.4) is 0 Å². The van der Waals surface area contributed by atoms with E-state index in [-0.39, 0.29) is 6.10 Å². The molecule has 1 aliphatic rings. The Morgan fingerprint density at radius 3 is 3.08 bits per heavy atom. The molecule has 3 heterocycles. The van der Waals surface area contributed by atoms with Crippen molar-refractivity contribution in [1.29, 1.82) is 0 Å². The van der Waals surface area contributed by atoms with E-state index < -0.39 is 0 Å². The number of nitrogens with one attached hydrogen (secondary N) is 2. The van der Waals surface area contributed by atoms with Gasteiger partial charge >= 0.3 is 0 Å². The Morgan fingerprint density at radius 1 is 1.36 bits per heavy atom. The molecule has 0 radical (unpaired) electrons. The number of guanidine groups is 1. The van der Waals surface area contributed by atoms with Crippen LogP contribution in [0, 0.1) is 0 Å². The summed E-state index contributed by atoms with van der Waals surface area (Å²) in [6, 6.07) is 3.84. The molecular weight excluding hydrogens is 338 g/mol. The van der Waals surface area contributed by atoms with Gasteiger partial charge in [0.05, 0.1) is 24.0 Å². The molecule has 25 heavy (non-hydrogen) atoms. The van der Waals surface area contributed by atoms with Gasteiger partial charge in [-0.1, -0.05) is 0 Å². The van der Waals surface area contributed by atoms with E-state index in [1.807, 2.05) is 31.4 Å². The van der Waals surface area contributed by atoms with Crippen molar-refractivity contribution in [3.05, 3.63) is 23.7 Å². The second-order valence-corrected chi connectivity index (χ2v) is 6.66. The van der Waals surface area contributed by atoms with Crippen LogP contribution in [-0.4, -0.2) is 48.3 Å². The summed E-state index contributed by atoms with van der Waals surface area (Å²) in [5.74, 6) is 1.35. The van der Waals surface area contributed by atoms with Gasteiger partial charge in [0, 0.05) is 24.7 Å². The highest BCUT2D eigenvalue weighted by Gasteiger charge is 2.13. The molecule has 0 amide bonds. The van der Waals surface area contributed by atoms with E-state index >= 15 is 0 Å². The van der Waals surface area contributed by atoms with Gasteiger partial charge in [-0.05, 0) is 32.4 Å². The summed E-state index contributed by atoms with van der Waals surface area (Å²) in [6.45, 7) is 6.76.